The zero-order chi connectivity index (χ0) is 8.39. The maximum atomic E-state index is 5.24. The van der Waals surface area contributed by atoms with Crippen molar-refractivity contribution in [3.8, 4) is 0 Å². The van der Waals surface area contributed by atoms with Crippen LogP contribution in [0.15, 0.2) is 36.6 Å². The summed E-state index contributed by atoms with van der Waals surface area (Å²) in [6.45, 7) is 4.66. The summed E-state index contributed by atoms with van der Waals surface area (Å²) in [5.41, 5.74) is 1.40. The van der Waals surface area contributed by atoms with Crippen LogP contribution in [0.25, 0.3) is 0 Å². The SMILES string of the molecule is C=COC1C=CC(C2CN2)=CC1. The minimum absolute atomic E-state index is 0.199. The molecule has 1 aliphatic heterocycles. The molecule has 0 aromatic carbocycles. The van der Waals surface area contributed by atoms with Crippen LogP contribution in [0, 0.1) is 0 Å². The third-order valence-corrected chi connectivity index (χ3v) is 2.17. The van der Waals surface area contributed by atoms with E-state index < -0.39 is 0 Å². The Bertz CT molecular complexity index is 238. The molecule has 2 aliphatic rings. The van der Waals surface area contributed by atoms with Crippen molar-refractivity contribution >= 4 is 0 Å². The molecule has 0 amide bonds. The lowest BCUT2D eigenvalue weighted by Crippen LogP contribution is -2.09. The molecule has 2 atom stereocenters. The van der Waals surface area contributed by atoms with Crippen LogP contribution in [0.4, 0.5) is 0 Å². The third kappa shape index (κ3) is 1.59. The molecule has 1 heterocycles. The average Bonchev–Trinajstić information content (AvgIpc) is 2.89. The van der Waals surface area contributed by atoms with Gasteiger partial charge in [-0.15, -0.1) is 0 Å². The Morgan fingerprint density at radius 1 is 1.67 bits per heavy atom. The first kappa shape index (κ1) is 7.62. The van der Waals surface area contributed by atoms with Crippen molar-refractivity contribution in [2.45, 2.75) is 18.6 Å². The van der Waals surface area contributed by atoms with Gasteiger partial charge >= 0.3 is 0 Å². The monoisotopic (exact) mass is 163 g/mol. The molecule has 1 N–H and O–H groups in total. The lowest BCUT2D eigenvalue weighted by atomic mass is 10.0. The van der Waals surface area contributed by atoms with E-state index in [9.17, 15) is 0 Å². The molecule has 12 heavy (non-hydrogen) atoms. The average molecular weight is 163 g/mol. The fraction of sp³-hybridized carbons (Fsp3) is 0.400. The quantitative estimate of drug-likeness (QED) is 0.503. The van der Waals surface area contributed by atoms with Gasteiger partial charge in [-0.2, -0.15) is 0 Å². The van der Waals surface area contributed by atoms with Crippen LogP contribution >= 0.6 is 0 Å². The number of hydrogen-bond donors (Lipinski definition) is 1. The van der Waals surface area contributed by atoms with Crippen LogP contribution < -0.4 is 5.32 Å². The molecule has 0 aromatic heterocycles. The molecule has 0 radical (unpaired) electrons. The Hall–Kier alpha value is -1.02. The van der Waals surface area contributed by atoms with Gasteiger partial charge < -0.3 is 10.1 Å². The van der Waals surface area contributed by atoms with Crippen LogP contribution in [-0.4, -0.2) is 18.7 Å². The van der Waals surface area contributed by atoms with Gasteiger partial charge in [0.05, 0.1) is 6.26 Å². The highest BCUT2D eigenvalue weighted by molar-refractivity contribution is 5.33. The van der Waals surface area contributed by atoms with E-state index in [4.69, 9.17) is 4.74 Å². The minimum atomic E-state index is 0.199. The lowest BCUT2D eigenvalue weighted by molar-refractivity contribution is 0.189. The van der Waals surface area contributed by atoms with E-state index in [0.717, 1.165) is 13.0 Å². The minimum Gasteiger partial charge on any atom is -0.494 e. The van der Waals surface area contributed by atoms with Gasteiger partial charge in [0, 0.05) is 19.0 Å². The number of hydrogen-bond acceptors (Lipinski definition) is 2. The first-order chi connectivity index (χ1) is 5.90. The van der Waals surface area contributed by atoms with Crippen LogP contribution in [0.3, 0.4) is 0 Å². The molecule has 0 saturated carbocycles. The van der Waals surface area contributed by atoms with Gasteiger partial charge in [0.15, 0.2) is 0 Å². The second-order valence-corrected chi connectivity index (χ2v) is 3.10. The molecule has 2 unspecified atom stereocenters. The van der Waals surface area contributed by atoms with Crippen molar-refractivity contribution < 1.29 is 4.74 Å². The van der Waals surface area contributed by atoms with Crippen molar-refractivity contribution in [3.63, 3.8) is 0 Å². The zero-order valence-corrected chi connectivity index (χ0v) is 6.99. The summed E-state index contributed by atoms with van der Waals surface area (Å²) < 4.78 is 5.24. The van der Waals surface area contributed by atoms with E-state index in [1.165, 1.54) is 11.8 Å². The third-order valence-electron chi connectivity index (χ3n) is 2.17. The van der Waals surface area contributed by atoms with Gasteiger partial charge in [-0.25, -0.2) is 0 Å². The van der Waals surface area contributed by atoms with Gasteiger partial charge in [-0.3, -0.25) is 0 Å². The highest BCUT2D eigenvalue weighted by atomic mass is 16.5. The Kier molecular flexibility index (Phi) is 2.00. The first-order valence-corrected chi connectivity index (χ1v) is 4.28. The number of rotatable bonds is 3. The first-order valence-electron chi connectivity index (χ1n) is 4.28. The van der Waals surface area contributed by atoms with Crippen molar-refractivity contribution in [3.05, 3.63) is 36.6 Å². The normalized spacial score (nSPS) is 32.5. The topological polar surface area (TPSA) is 31.2 Å². The summed E-state index contributed by atoms with van der Waals surface area (Å²) in [5, 5.41) is 3.27. The molecule has 2 heteroatoms. The maximum Gasteiger partial charge on any atom is 0.120 e. The van der Waals surface area contributed by atoms with Crippen LogP contribution in [-0.2, 0) is 4.74 Å². The fourth-order valence-electron chi connectivity index (χ4n) is 1.39. The molecule has 64 valence electrons. The number of nitrogens with one attached hydrogen (secondary N) is 1. The Balaban J connectivity index is 1.91. The standard InChI is InChI=1S/C10H13NO/c1-2-12-9-5-3-8(4-6-9)10-7-11-10/h2-5,9-11H,1,6-7H2. The van der Waals surface area contributed by atoms with E-state index in [1.807, 2.05) is 0 Å². The maximum absolute atomic E-state index is 5.24. The summed E-state index contributed by atoms with van der Waals surface area (Å²) in [7, 11) is 0. The molecule has 2 rings (SSSR count). The smallest absolute Gasteiger partial charge is 0.120 e. The molecule has 1 aliphatic carbocycles. The van der Waals surface area contributed by atoms with E-state index in [2.05, 4.69) is 30.1 Å². The van der Waals surface area contributed by atoms with Crippen molar-refractivity contribution in [1.29, 1.82) is 0 Å². The molecule has 2 nitrogen and oxygen atoms in total. The van der Waals surface area contributed by atoms with E-state index in [1.54, 1.807) is 0 Å². The zero-order valence-electron chi connectivity index (χ0n) is 6.99. The second-order valence-electron chi connectivity index (χ2n) is 3.10. The summed E-state index contributed by atoms with van der Waals surface area (Å²) >= 11 is 0. The number of ether oxygens (including phenoxy) is 1. The van der Waals surface area contributed by atoms with Crippen LogP contribution in [0.1, 0.15) is 6.42 Å². The highest BCUT2D eigenvalue weighted by Crippen LogP contribution is 2.20. The fourth-order valence-corrected chi connectivity index (χ4v) is 1.39. The van der Waals surface area contributed by atoms with E-state index >= 15 is 0 Å². The van der Waals surface area contributed by atoms with Crippen molar-refractivity contribution in [2.24, 2.45) is 0 Å². The van der Waals surface area contributed by atoms with Gasteiger partial charge in [0.2, 0.25) is 0 Å². The summed E-state index contributed by atoms with van der Waals surface area (Å²) in [4.78, 5) is 0. The van der Waals surface area contributed by atoms with Gasteiger partial charge in [-0.1, -0.05) is 18.7 Å². The molecule has 0 aromatic rings. The van der Waals surface area contributed by atoms with Gasteiger partial charge in [0.25, 0.3) is 0 Å². The van der Waals surface area contributed by atoms with Crippen molar-refractivity contribution in [1.82, 2.24) is 5.32 Å². The molecular formula is C10H13NO. The predicted octanol–water partition coefficient (Wildman–Crippen LogP) is 1.37. The van der Waals surface area contributed by atoms with E-state index in [-0.39, 0.29) is 6.10 Å². The van der Waals surface area contributed by atoms with E-state index in [0.29, 0.717) is 6.04 Å². The van der Waals surface area contributed by atoms with Crippen LogP contribution in [0.5, 0.6) is 0 Å². The lowest BCUT2D eigenvalue weighted by Gasteiger charge is -2.14. The van der Waals surface area contributed by atoms with Gasteiger partial charge in [0.1, 0.15) is 6.10 Å². The molecule has 1 fully saturated rings. The largest absolute Gasteiger partial charge is 0.494 e. The summed E-state index contributed by atoms with van der Waals surface area (Å²) in [6.07, 6.45) is 9.14. The Morgan fingerprint density at radius 2 is 2.50 bits per heavy atom. The summed E-state index contributed by atoms with van der Waals surface area (Å²) in [6, 6.07) is 0.617. The molecular weight excluding hydrogens is 150 g/mol. The van der Waals surface area contributed by atoms with Gasteiger partial charge in [-0.05, 0) is 11.6 Å². The Morgan fingerprint density at radius 3 is 3.00 bits per heavy atom. The highest BCUT2D eigenvalue weighted by Gasteiger charge is 2.24. The molecule has 1 saturated heterocycles. The van der Waals surface area contributed by atoms with Crippen molar-refractivity contribution in [2.75, 3.05) is 6.54 Å². The molecule has 0 spiro atoms. The molecule has 0 bridgehead atoms. The van der Waals surface area contributed by atoms with Crippen LogP contribution in [0.2, 0.25) is 0 Å². The summed E-state index contributed by atoms with van der Waals surface area (Å²) in [5.74, 6) is 0. The predicted molar refractivity (Wildman–Crippen MR) is 48.7 cm³/mol. The Labute approximate surface area is 72.6 Å². The second kappa shape index (κ2) is 3.15.